The molecule has 2 aliphatic rings. The summed E-state index contributed by atoms with van der Waals surface area (Å²) in [6.45, 7) is 18.7. The zero-order valence-electron chi connectivity index (χ0n) is 39.3. The largest absolute Gasteiger partial charge is 0.456 e. The van der Waals surface area contributed by atoms with Gasteiger partial charge in [0.25, 0.3) is 0 Å². The lowest BCUT2D eigenvalue weighted by atomic mass is 9.58. The van der Waals surface area contributed by atoms with E-state index in [-0.39, 0.29) is 16.2 Å². The number of thiophene rings is 1. The van der Waals surface area contributed by atoms with Crippen LogP contribution < -0.4 is 16.2 Å². The van der Waals surface area contributed by atoms with E-state index in [0.29, 0.717) is 0 Å². The predicted molar refractivity (Wildman–Crippen MR) is 287 cm³/mol. The summed E-state index contributed by atoms with van der Waals surface area (Å²) >= 11 is 1.88. The van der Waals surface area contributed by atoms with E-state index in [1.807, 2.05) is 11.3 Å². The number of nitrogens with zero attached hydrogens (tertiary/aromatic N) is 1. The molecule has 12 aromatic rings. The third kappa shape index (κ3) is 5.60. The molecule has 1 aliphatic carbocycles. The summed E-state index contributed by atoms with van der Waals surface area (Å²) in [7, 11) is 2.47. The van der Waals surface area contributed by atoms with Crippen LogP contribution in [0.15, 0.2) is 136 Å². The maximum absolute atomic E-state index is 6.95. The Hall–Kier alpha value is -6.76. The van der Waals surface area contributed by atoms with Crippen molar-refractivity contribution in [1.29, 1.82) is 0 Å². The van der Waals surface area contributed by atoms with Crippen molar-refractivity contribution < 1.29 is 8.83 Å². The Morgan fingerprint density at radius 2 is 1.27 bits per heavy atom. The number of nitrogens with one attached hydrogen (secondary N) is 1. The van der Waals surface area contributed by atoms with E-state index < -0.39 is 0 Å². The zero-order valence-corrected chi connectivity index (χ0v) is 40.1. The molecule has 8 aromatic carbocycles. The molecule has 325 valence electrons. The molecule has 0 amide bonds. The lowest BCUT2D eigenvalue weighted by molar-refractivity contribution is 0.332. The molecule has 0 saturated heterocycles. The first kappa shape index (κ1) is 39.4. The van der Waals surface area contributed by atoms with Crippen molar-refractivity contribution in [3.8, 4) is 16.8 Å². The normalized spacial score (nSPS) is 15.4. The first-order valence-electron chi connectivity index (χ1n) is 23.9. The van der Waals surface area contributed by atoms with Gasteiger partial charge in [-0.15, -0.1) is 11.3 Å². The Morgan fingerprint density at radius 3 is 2.06 bits per heavy atom. The van der Waals surface area contributed by atoms with Gasteiger partial charge < -0.3 is 18.7 Å². The fourth-order valence-corrected chi connectivity index (χ4v) is 13.1. The van der Waals surface area contributed by atoms with Crippen LogP contribution in [0.25, 0.3) is 103 Å². The Morgan fingerprint density at radius 1 is 0.597 bits per heavy atom. The Kier molecular flexibility index (Phi) is 7.78. The van der Waals surface area contributed by atoms with Crippen LogP contribution in [-0.4, -0.2) is 11.8 Å². The van der Waals surface area contributed by atoms with Crippen molar-refractivity contribution in [3.05, 3.63) is 150 Å². The summed E-state index contributed by atoms with van der Waals surface area (Å²) in [6, 6.07) is 47.7. The number of anilines is 2. The second kappa shape index (κ2) is 13.2. The minimum absolute atomic E-state index is 0.0520. The molecule has 0 saturated carbocycles. The minimum atomic E-state index is 0.0520. The van der Waals surface area contributed by atoms with Gasteiger partial charge in [-0.05, 0) is 130 Å². The van der Waals surface area contributed by atoms with Crippen molar-refractivity contribution in [2.45, 2.75) is 84.5 Å². The molecule has 1 radical (unpaired) electrons. The molecule has 4 nitrogen and oxygen atoms in total. The van der Waals surface area contributed by atoms with Crippen LogP contribution in [0.5, 0.6) is 0 Å². The van der Waals surface area contributed by atoms with E-state index in [4.69, 9.17) is 8.83 Å². The van der Waals surface area contributed by atoms with Gasteiger partial charge in [-0.1, -0.05) is 109 Å². The first-order valence-corrected chi connectivity index (χ1v) is 24.7. The van der Waals surface area contributed by atoms with Gasteiger partial charge in [0.1, 0.15) is 22.3 Å². The molecule has 0 atom stereocenters. The van der Waals surface area contributed by atoms with E-state index in [1.165, 1.54) is 86.3 Å². The van der Waals surface area contributed by atoms with E-state index in [0.717, 1.165) is 73.8 Å². The third-order valence-corrected chi connectivity index (χ3v) is 16.9. The second-order valence-electron chi connectivity index (χ2n) is 21.9. The maximum atomic E-state index is 6.95. The highest BCUT2D eigenvalue weighted by Crippen LogP contribution is 2.50. The van der Waals surface area contributed by atoms with Crippen molar-refractivity contribution in [3.63, 3.8) is 0 Å². The molecule has 14 rings (SSSR count). The fraction of sp³-hybridized carbons (Fsp3) is 0.213. The average molecular weight is 886 g/mol. The molecule has 1 aliphatic heterocycles. The summed E-state index contributed by atoms with van der Waals surface area (Å²) in [6.07, 6.45) is 2.31. The summed E-state index contributed by atoms with van der Waals surface area (Å²) in [4.78, 5) is 0. The standard InChI is InChI=1S/C61H50BN2O2S/c1-32-23-42(37-24-39-40-26-44-45(61(7,8)22-21-60(44,5)6)28-51(40)66-52(39)30-47(37)63-34-19-17-33(18-20-34)59(2,3)4)57-58-56(32)43-25-38-35-13-9-11-15-50(35)65-53(38)31-48(43)64(58)49-27-41-36-14-10-12-16-54(36)67-55(41)29-46(49)62-57/h9-20,23-31,63H,21-22H2,1-8H3. The number of furan rings is 2. The molecule has 6 heteroatoms. The molecule has 0 spiro atoms. The summed E-state index contributed by atoms with van der Waals surface area (Å²) in [5.74, 6) is 0. The Bertz CT molecular complexity index is 4150. The van der Waals surface area contributed by atoms with Crippen molar-refractivity contribution in [2.75, 3.05) is 5.32 Å². The van der Waals surface area contributed by atoms with E-state index in [1.54, 1.807) is 0 Å². The van der Waals surface area contributed by atoms with Crippen LogP contribution in [0, 0.1) is 6.92 Å². The lowest BCUT2D eigenvalue weighted by Crippen LogP contribution is -2.37. The maximum Gasteiger partial charge on any atom is 0.197 e. The van der Waals surface area contributed by atoms with Crippen LogP contribution in [0.2, 0.25) is 0 Å². The Balaban J connectivity index is 1.08. The molecular weight excluding hydrogens is 836 g/mol. The average Bonchev–Trinajstić information content (AvgIpc) is 4.05. The number of para-hydroxylation sites is 1. The quantitative estimate of drug-likeness (QED) is 0.180. The lowest BCUT2D eigenvalue weighted by Gasteiger charge is -2.41. The molecule has 5 heterocycles. The van der Waals surface area contributed by atoms with Crippen molar-refractivity contribution >= 4 is 127 Å². The van der Waals surface area contributed by atoms with E-state index in [9.17, 15) is 0 Å². The topological polar surface area (TPSA) is 43.2 Å². The summed E-state index contributed by atoms with van der Waals surface area (Å²) in [5.41, 5.74) is 19.6. The number of aromatic nitrogens is 1. The van der Waals surface area contributed by atoms with Crippen LogP contribution in [0.4, 0.5) is 11.4 Å². The highest BCUT2D eigenvalue weighted by Gasteiger charge is 2.38. The van der Waals surface area contributed by atoms with Crippen LogP contribution in [0.1, 0.15) is 83.6 Å². The van der Waals surface area contributed by atoms with Gasteiger partial charge in [0.15, 0.2) is 7.28 Å². The second-order valence-corrected chi connectivity index (χ2v) is 23.0. The fourth-order valence-electron chi connectivity index (χ4n) is 11.9. The minimum Gasteiger partial charge on any atom is -0.456 e. The number of hydrogen-bond donors (Lipinski definition) is 1. The number of hydrogen-bond acceptors (Lipinski definition) is 4. The third-order valence-electron chi connectivity index (χ3n) is 15.7. The van der Waals surface area contributed by atoms with Crippen LogP contribution in [-0.2, 0) is 16.2 Å². The SMILES string of the molecule is Cc1cc(-c2cc3c(cc2Nc2ccc(C(C)(C)C)cc2)oc2cc4c(cc23)C(C)(C)CCC4(C)C)c2c3c1c1cc4c(cc1n3-c1cc3c(cc1[B]2)sc1ccccc13)oc1ccccc14. The monoisotopic (exact) mass is 885 g/mol. The predicted octanol–water partition coefficient (Wildman–Crippen LogP) is 16.3. The molecule has 67 heavy (non-hydrogen) atoms. The molecule has 0 bridgehead atoms. The van der Waals surface area contributed by atoms with Gasteiger partial charge >= 0.3 is 0 Å². The molecule has 1 N–H and O–H groups in total. The van der Waals surface area contributed by atoms with Gasteiger partial charge in [-0.25, -0.2) is 0 Å². The smallest absolute Gasteiger partial charge is 0.197 e. The number of fused-ring (bicyclic) bond motifs is 15. The summed E-state index contributed by atoms with van der Waals surface area (Å²) < 4.78 is 18.7. The van der Waals surface area contributed by atoms with Gasteiger partial charge in [0.05, 0.1) is 11.2 Å². The van der Waals surface area contributed by atoms with E-state index >= 15 is 0 Å². The molecule has 0 fully saturated rings. The summed E-state index contributed by atoms with van der Waals surface area (Å²) in [5, 5.41) is 13.7. The van der Waals surface area contributed by atoms with Gasteiger partial charge in [0, 0.05) is 87.1 Å². The van der Waals surface area contributed by atoms with Crippen LogP contribution in [0.3, 0.4) is 0 Å². The van der Waals surface area contributed by atoms with Crippen molar-refractivity contribution in [2.24, 2.45) is 0 Å². The van der Waals surface area contributed by atoms with E-state index in [2.05, 4.69) is 200 Å². The number of rotatable bonds is 3. The van der Waals surface area contributed by atoms with Crippen LogP contribution >= 0.6 is 11.3 Å². The van der Waals surface area contributed by atoms with Gasteiger partial charge in [-0.2, -0.15) is 0 Å². The number of aryl methyl sites for hydroxylation is 1. The van der Waals surface area contributed by atoms with Gasteiger partial charge in [-0.3, -0.25) is 0 Å². The molecular formula is C61H50BN2O2S. The molecule has 4 aromatic heterocycles. The first-order chi connectivity index (χ1) is 32.2. The molecule has 0 unspecified atom stereocenters. The zero-order chi connectivity index (χ0) is 45.5. The highest BCUT2D eigenvalue weighted by atomic mass is 32.1. The number of benzene rings is 8. The Labute approximate surface area is 394 Å². The van der Waals surface area contributed by atoms with Gasteiger partial charge in [0.2, 0.25) is 0 Å². The highest BCUT2D eigenvalue weighted by molar-refractivity contribution is 7.26. The van der Waals surface area contributed by atoms with Crippen molar-refractivity contribution in [1.82, 2.24) is 4.57 Å².